The Labute approximate surface area is 201 Å². The summed E-state index contributed by atoms with van der Waals surface area (Å²) in [7, 11) is 0. The summed E-state index contributed by atoms with van der Waals surface area (Å²) in [5.74, 6) is -1.36. The molecule has 0 spiro atoms. The smallest absolute Gasteiger partial charge is 0.410 e. The van der Waals surface area contributed by atoms with E-state index in [1.807, 2.05) is 13.8 Å². The zero-order chi connectivity index (χ0) is 26.4. The fourth-order valence-corrected chi connectivity index (χ4v) is 2.80. The van der Waals surface area contributed by atoms with Crippen LogP contribution in [0.2, 0.25) is 0 Å². The number of rotatable bonds is 9. The number of carbonyl (C=O) groups excluding carboxylic acids is 3. The molecule has 0 aromatic heterocycles. The first-order valence-electron chi connectivity index (χ1n) is 11.1. The molecule has 188 valence electrons. The van der Waals surface area contributed by atoms with Crippen molar-refractivity contribution in [3.05, 3.63) is 51.6 Å². The summed E-state index contributed by atoms with van der Waals surface area (Å²) in [6, 6.07) is 3.86. The van der Waals surface area contributed by atoms with Crippen molar-refractivity contribution in [2.75, 3.05) is 6.54 Å². The van der Waals surface area contributed by atoms with E-state index >= 15 is 0 Å². The lowest BCUT2D eigenvalue weighted by Gasteiger charge is -2.28. The highest BCUT2D eigenvalue weighted by Crippen LogP contribution is 2.25. The van der Waals surface area contributed by atoms with Gasteiger partial charge in [-0.25, -0.2) is 9.59 Å². The van der Waals surface area contributed by atoms with Crippen LogP contribution >= 0.6 is 0 Å². The van der Waals surface area contributed by atoms with Crippen LogP contribution in [0.25, 0.3) is 0 Å². The fourth-order valence-electron chi connectivity index (χ4n) is 2.80. The number of hydrogen-bond acceptors (Lipinski definition) is 7. The first-order valence-corrected chi connectivity index (χ1v) is 11.1. The Morgan fingerprint density at radius 1 is 1.06 bits per heavy atom. The number of benzene rings is 1. The molecule has 0 radical (unpaired) electrons. The summed E-state index contributed by atoms with van der Waals surface area (Å²) < 4.78 is 10.6. The maximum Gasteiger partial charge on any atom is 0.410 e. The Balaban J connectivity index is 3.25. The molecule has 0 saturated heterocycles. The molecule has 0 aliphatic rings. The predicted octanol–water partition coefficient (Wildman–Crippen LogP) is 5.46. The van der Waals surface area contributed by atoms with Crippen molar-refractivity contribution in [2.45, 2.75) is 79.6 Å². The van der Waals surface area contributed by atoms with Crippen molar-refractivity contribution < 1.29 is 28.8 Å². The van der Waals surface area contributed by atoms with E-state index in [9.17, 15) is 24.5 Å². The molecule has 0 heterocycles. The van der Waals surface area contributed by atoms with Crippen molar-refractivity contribution in [1.29, 1.82) is 0 Å². The summed E-state index contributed by atoms with van der Waals surface area (Å²) in [4.78, 5) is 50.2. The average molecular weight is 477 g/mol. The number of Topliss-reactive ketones (excluding diaryl/α,β-unsaturated/α-hetero) is 1. The average Bonchev–Trinajstić information content (AvgIpc) is 2.66. The minimum Gasteiger partial charge on any atom is -0.456 e. The van der Waals surface area contributed by atoms with Crippen molar-refractivity contribution in [2.24, 2.45) is 5.92 Å². The van der Waals surface area contributed by atoms with Crippen LogP contribution in [-0.4, -0.2) is 45.4 Å². The number of nitro benzene ring substituents is 1. The number of carbonyl (C=O) groups is 3. The van der Waals surface area contributed by atoms with E-state index in [2.05, 4.69) is 6.58 Å². The number of ketones is 1. The van der Waals surface area contributed by atoms with Gasteiger partial charge in [0.1, 0.15) is 16.8 Å². The zero-order valence-electron chi connectivity index (χ0n) is 21.4. The number of amides is 1. The normalized spacial score (nSPS) is 11.7. The van der Waals surface area contributed by atoms with Gasteiger partial charge in [-0.15, -0.1) is 0 Å². The molecule has 0 aliphatic heterocycles. The van der Waals surface area contributed by atoms with Gasteiger partial charge in [-0.1, -0.05) is 26.5 Å². The molecular weight excluding hydrogens is 440 g/mol. The molecule has 9 nitrogen and oxygen atoms in total. The molecule has 0 bridgehead atoms. The minimum absolute atomic E-state index is 0.0700. The van der Waals surface area contributed by atoms with Gasteiger partial charge in [-0.2, -0.15) is 0 Å². The number of esters is 1. The lowest BCUT2D eigenvalue weighted by Crippen LogP contribution is -2.37. The van der Waals surface area contributed by atoms with Crippen LogP contribution in [0.15, 0.2) is 30.4 Å². The number of nitro groups is 1. The van der Waals surface area contributed by atoms with E-state index in [1.54, 1.807) is 41.5 Å². The molecule has 0 unspecified atom stereocenters. The van der Waals surface area contributed by atoms with Crippen molar-refractivity contribution in [3.63, 3.8) is 0 Å². The van der Waals surface area contributed by atoms with Crippen LogP contribution in [0, 0.1) is 16.0 Å². The molecule has 34 heavy (non-hydrogen) atoms. The Hall–Kier alpha value is -3.23. The van der Waals surface area contributed by atoms with Crippen LogP contribution in [0.3, 0.4) is 0 Å². The third kappa shape index (κ3) is 9.33. The van der Waals surface area contributed by atoms with Crippen LogP contribution < -0.4 is 0 Å². The van der Waals surface area contributed by atoms with Crippen LogP contribution in [0.5, 0.6) is 0 Å². The third-order valence-electron chi connectivity index (χ3n) is 4.45. The van der Waals surface area contributed by atoms with Gasteiger partial charge >= 0.3 is 12.1 Å². The van der Waals surface area contributed by atoms with E-state index in [1.165, 1.54) is 17.0 Å². The zero-order valence-corrected chi connectivity index (χ0v) is 21.4. The summed E-state index contributed by atoms with van der Waals surface area (Å²) in [5.41, 5.74) is -2.16. The largest absolute Gasteiger partial charge is 0.456 e. The van der Waals surface area contributed by atoms with Crippen molar-refractivity contribution in [1.82, 2.24) is 4.90 Å². The second kappa shape index (κ2) is 11.3. The van der Waals surface area contributed by atoms with Gasteiger partial charge in [-0.3, -0.25) is 14.9 Å². The van der Waals surface area contributed by atoms with Gasteiger partial charge in [0.05, 0.1) is 11.5 Å². The number of hydrogen-bond donors (Lipinski definition) is 0. The summed E-state index contributed by atoms with van der Waals surface area (Å²) >= 11 is 0. The summed E-state index contributed by atoms with van der Waals surface area (Å²) in [6.07, 6.45) is 0.0974. The van der Waals surface area contributed by atoms with Crippen molar-refractivity contribution in [3.8, 4) is 0 Å². The van der Waals surface area contributed by atoms with Gasteiger partial charge in [0.15, 0.2) is 5.78 Å². The van der Waals surface area contributed by atoms with E-state index in [-0.39, 0.29) is 23.4 Å². The van der Waals surface area contributed by atoms with Gasteiger partial charge in [0.25, 0.3) is 5.69 Å². The molecule has 0 fully saturated rings. The Kier molecular flexibility index (Phi) is 9.54. The lowest BCUT2D eigenvalue weighted by molar-refractivity contribution is -0.385. The van der Waals surface area contributed by atoms with Gasteiger partial charge in [-0.05, 0) is 59.9 Å². The number of nitrogens with zero attached hydrogens (tertiary/aromatic N) is 2. The highest BCUT2D eigenvalue weighted by atomic mass is 16.6. The van der Waals surface area contributed by atoms with Gasteiger partial charge in [0.2, 0.25) is 0 Å². The lowest BCUT2D eigenvalue weighted by atomic mass is 10.0. The molecule has 1 aromatic carbocycles. The highest BCUT2D eigenvalue weighted by Gasteiger charge is 2.28. The van der Waals surface area contributed by atoms with Crippen molar-refractivity contribution >= 4 is 23.5 Å². The number of ether oxygens (including phenoxy) is 2. The second-order valence-electron chi connectivity index (χ2n) is 10.5. The highest BCUT2D eigenvalue weighted by molar-refractivity contribution is 6.23. The molecule has 0 aliphatic carbocycles. The predicted molar refractivity (Wildman–Crippen MR) is 129 cm³/mol. The Morgan fingerprint density at radius 2 is 1.62 bits per heavy atom. The van der Waals surface area contributed by atoms with Crippen LogP contribution in [-0.2, 0) is 20.8 Å². The maximum absolute atomic E-state index is 12.7. The van der Waals surface area contributed by atoms with E-state index in [0.717, 1.165) is 6.07 Å². The molecule has 1 rings (SSSR count). The maximum atomic E-state index is 12.7. The molecule has 0 atom stereocenters. The SMILES string of the molecule is C=C(C(=O)OC(C)(C)C)C(=O)c1ccc(CN(CCC(C)C)C(=O)OC(C)(C)C)c([N+](=O)[O-])c1. The molecular formula is C25H36N2O7. The second-order valence-corrected chi connectivity index (χ2v) is 10.5. The monoisotopic (exact) mass is 476 g/mol. The molecule has 9 heteroatoms. The van der Waals surface area contributed by atoms with E-state index < -0.39 is 39.5 Å². The summed E-state index contributed by atoms with van der Waals surface area (Å²) in [6.45, 7) is 18.0. The molecule has 1 amide bonds. The molecule has 0 N–H and O–H groups in total. The van der Waals surface area contributed by atoms with E-state index in [4.69, 9.17) is 9.47 Å². The van der Waals surface area contributed by atoms with Crippen LogP contribution in [0.4, 0.5) is 10.5 Å². The quantitative estimate of drug-likeness (QED) is 0.0884. The summed E-state index contributed by atoms with van der Waals surface area (Å²) in [5, 5.41) is 11.8. The van der Waals surface area contributed by atoms with E-state index in [0.29, 0.717) is 18.9 Å². The van der Waals surface area contributed by atoms with Crippen LogP contribution in [0.1, 0.15) is 77.7 Å². The molecule has 1 aromatic rings. The standard InChI is InChI=1S/C25H36N2O7/c1-16(2)12-13-26(23(30)34-25(7,8)9)15-19-11-10-18(14-20(19)27(31)32)21(28)17(3)22(29)33-24(4,5)6/h10-11,14,16H,3,12-13,15H2,1-2,4-9H3. The Bertz CT molecular complexity index is 953. The third-order valence-corrected chi connectivity index (χ3v) is 4.45. The van der Waals surface area contributed by atoms with Gasteiger partial charge in [0, 0.05) is 23.7 Å². The Morgan fingerprint density at radius 3 is 2.09 bits per heavy atom. The van der Waals surface area contributed by atoms with Gasteiger partial charge < -0.3 is 14.4 Å². The minimum atomic E-state index is -0.894. The molecule has 0 saturated carbocycles. The fraction of sp³-hybridized carbons (Fsp3) is 0.560. The topological polar surface area (TPSA) is 116 Å². The first kappa shape index (κ1) is 28.8. The first-order chi connectivity index (χ1) is 15.4.